The summed E-state index contributed by atoms with van der Waals surface area (Å²) in [7, 11) is 0. The molecule has 0 heterocycles. The Bertz CT molecular complexity index is 507. The van der Waals surface area contributed by atoms with Gasteiger partial charge in [0.15, 0.2) is 0 Å². The van der Waals surface area contributed by atoms with Crippen LogP contribution in [0.1, 0.15) is 65.7 Å². The van der Waals surface area contributed by atoms with Crippen molar-refractivity contribution in [1.29, 1.82) is 0 Å². The molecule has 3 nitrogen and oxygen atoms in total. The van der Waals surface area contributed by atoms with Gasteiger partial charge in [0.25, 0.3) is 0 Å². The number of rotatable bonds is 5. The van der Waals surface area contributed by atoms with Crippen LogP contribution in [0.15, 0.2) is 23.8 Å². The molecule has 0 saturated heterocycles. The summed E-state index contributed by atoms with van der Waals surface area (Å²) in [6.07, 6.45) is 8.76. The van der Waals surface area contributed by atoms with Crippen molar-refractivity contribution < 1.29 is 15.0 Å². The molecule has 0 radical (unpaired) electrons. The van der Waals surface area contributed by atoms with Crippen LogP contribution in [-0.4, -0.2) is 22.8 Å². The minimum Gasteiger partial charge on any atom is -0.478 e. The van der Waals surface area contributed by atoms with E-state index in [1.165, 1.54) is 18.1 Å². The first-order valence-electron chi connectivity index (χ1n) is 8.91. The Morgan fingerprint density at radius 2 is 2.09 bits per heavy atom. The third-order valence-electron chi connectivity index (χ3n) is 6.70. The van der Waals surface area contributed by atoms with Crippen LogP contribution in [0, 0.1) is 22.7 Å². The van der Waals surface area contributed by atoms with Crippen molar-refractivity contribution in [3.63, 3.8) is 0 Å². The van der Waals surface area contributed by atoms with E-state index in [0.717, 1.165) is 44.1 Å². The van der Waals surface area contributed by atoms with E-state index in [2.05, 4.69) is 20.4 Å². The number of aliphatic carboxylic acids is 1. The van der Waals surface area contributed by atoms with Crippen LogP contribution in [0.4, 0.5) is 0 Å². The SMILES string of the molecule is C=C1CC[C@@H]2[C@@](C)(CO)CCC[C@]2(C)[C@H]1CC/C(C)=C/C(=O)O. The van der Waals surface area contributed by atoms with Gasteiger partial charge in [-0.1, -0.05) is 38.0 Å². The molecule has 4 atom stereocenters. The van der Waals surface area contributed by atoms with E-state index in [0.29, 0.717) is 11.8 Å². The number of hydrogen-bond donors (Lipinski definition) is 2. The average molecular weight is 320 g/mol. The van der Waals surface area contributed by atoms with Crippen molar-refractivity contribution in [2.24, 2.45) is 22.7 Å². The Kier molecular flexibility index (Phi) is 5.40. The van der Waals surface area contributed by atoms with Crippen molar-refractivity contribution in [2.75, 3.05) is 6.61 Å². The monoisotopic (exact) mass is 320 g/mol. The molecular formula is C20H32O3. The van der Waals surface area contributed by atoms with Gasteiger partial charge in [-0.05, 0) is 68.1 Å². The van der Waals surface area contributed by atoms with Gasteiger partial charge in [-0.3, -0.25) is 0 Å². The lowest BCUT2D eigenvalue weighted by molar-refractivity contribution is -0.131. The number of carboxylic acid groups (broad SMARTS) is 1. The van der Waals surface area contributed by atoms with Gasteiger partial charge in [-0.25, -0.2) is 4.79 Å². The normalized spacial score (nSPS) is 38.3. The summed E-state index contributed by atoms with van der Waals surface area (Å²) in [5, 5.41) is 18.9. The van der Waals surface area contributed by atoms with E-state index in [-0.39, 0.29) is 17.4 Å². The molecule has 2 aliphatic rings. The second kappa shape index (κ2) is 6.80. The summed E-state index contributed by atoms with van der Waals surface area (Å²) in [6.45, 7) is 11.1. The molecular weight excluding hydrogens is 288 g/mol. The number of aliphatic hydroxyl groups is 1. The van der Waals surface area contributed by atoms with Crippen molar-refractivity contribution in [2.45, 2.75) is 65.7 Å². The molecule has 130 valence electrons. The standard InChI is InChI=1S/C20H32O3/c1-14(12-18(22)23)6-8-16-15(2)7-9-17-19(3,13-21)10-5-11-20(16,17)4/h12,16-17,21H,2,5-11,13H2,1,3-4H3,(H,22,23)/b14-12+/t16-,17+,19+,20+/m0/s1. The summed E-state index contributed by atoms with van der Waals surface area (Å²) in [6, 6.07) is 0. The molecule has 2 aliphatic carbocycles. The predicted molar refractivity (Wildman–Crippen MR) is 93.1 cm³/mol. The lowest BCUT2D eigenvalue weighted by Crippen LogP contribution is -2.51. The van der Waals surface area contributed by atoms with Crippen molar-refractivity contribution in [3.05, 3.63) is 23.8 Å². The van der Waals surface area contributed by atoms with Gasteiger partial charge in [0.1, 0.15) is 0 Å². The molecule has 0 aromatic rings. The summed E-state index contributed by atoms with van der Waals surface area (Å²) >= 11 is 0. The number of carbonyl (C=O) groups is 1. The highest BCUT2D eigenvalue weighted by atomic mass is 16.4. The van der Waals surface area contributed by atoms with Crippen molar-refractivity contribution >= 4 is 5.97 Å². The minimum absolute atomic E-state index is 0.0257. The number of allylic oxidation sites excluding steroid dienone is 2. The van der Waals surface area contributed by atoms with Crippen LogP contribution in [0.5, 0.6) is 0 Å². The largest absolute Gasteiger partial charge is 0.478 e. The van der Waals surface area contributed by atoms with Crippen LogP contribution in [-0.2, 0) is 4.79 Å². The predicted octanol–water partition coefficient (Wildman–Crippen LogP) is 4.57. The van der Waals surface area contributed by atoms with Gasteiger partial charge in [-0.2, -0.15) is 0 Å². The summed E-state index contributed by atoms with van der Waals surface area (Å²) in [5.41, 5.74) is 2.47. The fraction of sp³-hybridized carbons (Fsp3) is 0.750. The smallest absolute Gasteiger partial charge is 0.328 e. The fourth-order valence-electron chi connectivity index (χ4n) is 5.46. The van der Waals surface area contributed by atoms with E-state index in [4.69, 9.17) is 5.11 Å². The third kappa shape index (κ3) is 3.55. The maximum absolute atomic E-state index is 10.8. The maximum atomic E-state index is 10.8. The maximum Gasteiger partial charge on any atom is 0.328 e. The van der Waals surface area contributed by atoms with Crippen LogP contribution >= 0.6 is 0 Å². The van der Waals surface area contributed by atoms with Crippen molar-refractivity contribution in [3.8, 4) is 0 Å². The summed E-state index contributed by atoms with van der Waals surface area (Å²) in [5.74, 6) is 0.108. The van der Waals surface area contributed by atoms with Gasteiger partial charge in [-0.15, -0.1) is 0 Å². The molecule has 0 unspecified atom stereocenters. The van der Waals surface area contributed by atoms with E-state index >= 15 is 0 Å². The number of aliphatic hydroxyl groups excluding tert-OH is 1. The van der Waals surface area contributed by atoms with Crippen LogP contribution in [0.3, 0.4) is 0 Å². The molecule has 0 aliphatic heterocycles. The lowest BCUT2D eigenvalue weighted by Gasteiger charge is -2.58. The molecule has 0 amide bonds. The molecule has 0 spiro atoms. The van der Waals surface area contributed by atoms with Gasteiger partial charge in [0, 0.05) is 12.7 Å². The molecule has 23 heavy (non-hydrogen) atoms. The Labute approximate surface area is 140 Å². The zero-order chi connectivity index (χ0) is 17.3. The first kappa shape index (κ1) is 18.3. The highest BCUT2D eigenvalue weighted by Crippen LogP contribution is 2.61. The average Bonchev–Trinajstić information content (AvgIpc) is 2.45. The first-order chi connectivity index (χ1) is 10.7. The number of fused-ring (bicyclic) bond motifs is 1. The molecule has 2 fully saturated rings. The molecule has 2 rings (SSSR count). The second-order valence-electron chi connectivity index (χ2n) is 8.34. The van der Waals surface area contributed by atoms with Gasteiger partial charge >= 0.3 is 5.97 Å². The third-order valence-corrected chi connectivity index (χ3v) is 6.70. The Hall–Kier alpha value is -1.09. The molecule has 0 aromatic heterocycles. The van der Waals surface area contributed by atoms with E-state index in [1.807, 2.05) is 6.92 Å². The molecule has 0 bridgehead atoms. The molecule has 2 N–H and O–H groups in total. The summed E-state index contributed by atoms with van der Waals surface area (Å²) < 4.78 is 0. The van der Waals surface area contributed by atoms with E-state index in [1.54, 1.807) is 0 Å². The van der Waals surface area contributed by atoms with Crippen LogP contribution < -0.4 is 0 Å². The number of hydrogen-bond acceptors (Lipinski definition) is 2. The molecule has 0 aromatic carbocycles. The lowest BCUT2D eigenvalue weighted by atomic mass is 9.47. The fourth-order valence-corrected chi connectivity index (χ4v) is 5.46. The van der Waals surface area contributed by atoms with Gasteiger partial charge in [0.05, 0.1) is 0 Å². The van der Waals surface area contributed by atoms with Crippen LogP contribution in [0.25, 0.3) is 0 Å². The topological polar surface area (TPSA) is 57.5 Å². The Morgan fingerprint density at radius 3 is 2.70 bits per heavy atom. The van der Waals surface area contributed by atoms with E-state index in [9.17, 15) is 9.90 Å². The van der Waals surface area contributed by atoms with Crippen molar-refractivity contribution in [1.82, 2.24) is 0 Å². The summed E-state index contributed by atoms with van der Waals surface area (Å²) in [4.78, 5) is 10.8. The highest BCUT2D eigenvalue weighted by molar-refractivity contribution is 5.80. The first-order valence-corrected chi connectivity index (χ1v) is 8.91. The zero-order valence-corrected chi connectivity index (χ0v) is 14.9. The highest BCUT2D eigenvalue weighted by Gasteiger charge is 2.53. The quantitative estimate of drug-likeness (QED) is 0.576. The van der Waals surface area contributed by atoms with Crippen LogP contribution in [0.2, 0.25) is 0 Å². The Morgan fingerprint density at radius 1 is 1.39 bits per heavy atom. The van der Waals surface area contributed by atoms with Gasteiger partial charge < -0.3 is 10.2 Å². The van der Waals surface area contributed by atoms with Gasteiger partial charge in [0.2, 0.25) is 0 Å². The van der Waals surface area contributed by atoms with E-state index < -0.39 is 5.97 Å². The second-order valence-corrected chi connectivity index (χ2v) is 8.34. The molecule has 3 heteroatoms. The Balaban J connectivity index is 2.20. The number of carboxylic acids is 1. The molecule has 2 saturated carbocycles. The minimum atomic E-state index is -0.861. The zero-order valence-electron chi connectivity index (χ0n) is 14.9.